The summed E-state index contributed by atoms with van der Waals surface area (Å²) in [5, 5.41) is 14.0. The largest absolute Gasteiger partial charge is 0.379 e. The van der Waals surface area contributed by atoms with Crippen LogP contribution in [0.4, 0.5) is 0 Å². The van der Waals surface area contributed by atoms with Gasteiger partial charge in [-0.15, -0.1) is 0 Å². The minimum atomic E-state index is -1.25. The van der Waals surface area contributed by atoms with Crippen LogP contribution < -0.4 is 5.32 Å². The van der Waals surface area contributed by atoms with Crippen molar-refractivity contribution < 1.29 is 9.90 Å². The van der Waals surface area contributed by atoms with Gasteiger partial charge in [-0.05, 0) is 42.9 Å². The van der Waals surface area contributed by atoms with Crippen LogP contribution in [0.1, 0.15) is 63.5 Å². The topological polar surface area (TPSA) is 52.6 Å². The molecule has 24 heavy (non-hydrogen) atoms. The fourth-order valence-corrected chi connectivity index (χ4v) is 3.21. The van der Waals surface area contributed by atoms with E-state index in [1.165, 1.54) is 5.56 Å². The molecule has 2 N–H and O–H groups in total. The van der Waals surface area contributed by atoms with Crippen molar-refractivity contribution in [1.29, 1.82) is 0 Å². The molecule has 4 nitrogen and oxygen atoms in total. The van der Waals surface area contributed by atoms with E-state index in [1.54, 1.807) is 4.90 Å². The number of unbranched alkanes of at least 4 members (excludes halogenated alkanes) is 1. The number of hydrogen-bond donors (Lipinski definition) is 2. The highest BCUT2D eigenvalue weighted by molar-refractivity contribution is 5.86. The highest BCUT2D eigenvalue weighted by Crippen LogP contribution is 2.24. The smallest absolute Gasteiger partial charge is 0.256 e. The summed E-state index contributed by atoms with van der Waals surface area (Å²) in [5.74, 6) is 0.376. The van der Waals surface area contributed by atoms with Gasteiger partial charge in [0, 0.05) is 19.6 Å². The highest BCUT2D eigenvalue weighted by atomic mass is 16.3. The van der Waals surface area contributed by atoms with E-state index in [4.69, 9.17) is 0 Å². The minimum Gasteiger partial charge on any atom is -0.379 e. The molecule has 0 aromatic heterocycles. The summed E-state index contributed by atoms with van der Waals surface area (Å²) < 4.78 is 0. The molecule has 0 bridgehead atoms. The summed E-state index contributed by atoms with van der Waals surface area (Å²) in [6, 6.07) is 8.45. The quantitative estimate of drug-likeness (QED) is 0.720. The average molecular weight is 332 g/mol. The molecule has 0 saturated carbocycles. The first kappa shape index (κ1) is 18.9. The second kappa shape index (κ2) is 8.63. The normalized spacial score (nSPS) is 21.5. The van der Waals surface area contributed by atoms with E-state index >= 15 is 0 Å². The number of piperidine rings is 1. The standard InChI is InChI=1S/C20H32N2O2/c1-4-5-12-21-15-20(24)11-6-13-22(19(20)23)14-17-7-9-18(10-8-17)16(2)3/h7-10,16,21,24H,4-6,11-15H2,1-3H3. The average Bonchev–Trinajstić information content (AvgIpc) is 2.57. The van der Waals surface area contributed by atoms with Crippen LogP contribution in [-0.2, 0) is 11.3 Å². The molecule has 1 amide bonds. The molecule has 0 aliphatic carbocycles. The van der Waals surface area contributed by atoms with Crippen LogP contribution >= 0.6 is 0 Å². The zero-order chi connectivity index (χ0) is 17.6. The van der Waals surface area contributed by atoms with Crippen molar-refractivity contribution in [2.75, 3.05) is 19.6 Å². The molecule has 1 fully saturated rings. The molecule has 1 aliphatic heterocycles. The molecule has 1 aromatic carbocycles. The van der Waals surface area contributed by atoms with E-state index in [2.05, 4.69) is 50.4 Å². The molecular weight excluding hydrogens is 300 g/mol. The number of nitrogens with one attached hydrogen (secondary N) is 1. The second-order valence-corrected chi connectivity index (χ2v) is 7.29. The van der Waals surface area contributed by atoms with Gasteiger partial charge in [0.1, 0.15) is 0 Å². The zero-order valence-corrected chi connectivity index (χ0v) is 15.3. The van der Waals surface area contributed by atoms with Crippen molar-refractivity contribution in [2.45, 2.75) is 64.5 Å². The van der Waals surface area contributed by atoms with Crippen LogP contribution in [0.3, 0.4) is 0 Å². The first-order valence-corrected chi connectivity index (χ1v) is 9.27. The summed E-state index contributed by atoms with van der Waals surface area (Å²) >= 11 is 0. The maximum Gasteiger partial charge on any atom is 0.256 e. The van der Waals surface area contributed by atoms with Gasteiger partial charge in [-0.3, -0.25) is 4.79 Å². The Labute approximate surface area is 146 Å². The number of amides is 1. The van der Waals surface area contributed by atoms with Gasteiger partial charge in [-0.2, -0.15) is 0 Å². The lowest BCUT2D eigenvalue weighted by molar-refractivity contribution is -0.157. The molecule has 1 heterocycles. The Morgan fingerprint density at radius 3 is 2.62 bits per heavy atom. The summed E-state index contributed by atoms with van der Waals surface area (Å²) in [6.07, 6.45) is 3.57. The third-order valence-corrected chi connectivity index (χ3v) is 4.85. The highest BCUT2D eigenvalue weighted by Gasteiger charge is 2.41. The fraction of sp³-hybridized carbons (Fsp3) is 0.650. The van der Waals surface area contributed by atoms with E-state index in [0.29, 0.717) is 25.4 Å². The van der Waals surface area contributed by atoms with Crippen LogP contribution in [0.15, 0.2) is 24.3 Å². The second-order valence-electron chi connectivity index (χ2n) is 7.29. The summed E-state index contributed by atoms with van der Waals surface area (Å²) in [6.45, 7) is 8.99. The maximum absolute atomic E-state index is 12.7. The van der Waals surface area contributed by atoms with E-state index in [1.807, 2.05) is 0 Å². The molecule has 1 saturated heterocycles. The number of carbonyl (C=O) groups is 1. The van der Waals surface area contributed by atoms with Crippen molar-refractivity contribution in [3.05, 3.63) is 35.4 Å². The number of benzene rings is 1. The first-order valence-electron chi connectivity index (χ1n) is 9.27. The predicted octanol–water partition coefficient (Wildman–Crippen LogP) is 3.05. The van der Waals surface area contributed by atoms with Crippen molar-refractivity contribution in [3.8, 4) is 0 Å². The zero-order valence-electron chi connectivity index (χ0n) is 15.3. The number of likely N-dealkylation sites (tertiary alicyclic amines) is 1. The molecule has 1 unspecified atom stereocenters. The number of rotatable bonds is 8. The van der Waals surface area contributed by atoms with Gasteiger partial charge < -0.3 is 15.3 Å². The van der Waals surface area contributed by atoms with Gasteiger partial charge in [0.15, 0.2) is 5.60 Å². The lowest BCUT2D eigenvalue weighted by atomic mass is 9.91. The summed E-state index contributed by atoms with van der Waals surface area (Å²) in [5.41, 5.74) is 1.18. The fourth-order valence-electron chi connectivity index (χ4n) is 3.21. The van der Waals surface area contributed by atoms with E-state index in [0.717, 1.165) is 37.9 Å². The molecule has 0 radical (unpaired) electrons. The Kier molecular flexibility index (Phi) is 6.81. The molecule has 134 valence electrons. The van der Waals surface area contributed by atoms with Crippen LogP contribution in [0.2, 0.25) is 0 Å². The SMILES string of the molecule is CCCCNCC1(O)CCCN(Cc2ccc(C(C)C)cc2)C1=O. The Balaban J connectivity index is 1.96. The van der Waals surface area contributed by atoms with Crippen molar-refractivity contribution in [1.82, 2.24) is 10.2 Å². The van der Waals surface area contributed by atoms with Gasteiger partial charge in [-0.25, -0.2) is 0 Å². The number of carbonyl (C=O) groups excluding carboxylic acids is 1. The van der Waals surface area contributed by atoms with Gasteiger partial charge in [-0.1, -0.05) is 51.5 Å². The Bertz CT molecular complexity index is 527. The molecule has 1 aromatic rings. The molecule has 1 atom stereocenters. The minimum absolute atomic E-state index is 0.134. The third-order valence-electron chi connectivity index (χ3n) is 4.85. The first-order chi connectivity index (χ1) is 11.5. The van der Waals surface area contributed by atoms with Crippen LogP contribution in [-0.4, -0.2) is 41.1 Å². The van der Waals surface area contributed by atoms with E-state index < -0.39 is 5.60 Å². The number of aliphatic hydroxyl groups is 1. The maximum atomic E-state index is 12.7. The lowest BCUT2D eigenvalue weighted by Crippen LogP contribution is -2.57. The van der Waals surface area contributed by atoms with Crippen LogP contribution in [0, 0.1) is 0 Å². The summed E-state index contributed by atoms with van der Waals surface area (Å²) in [4.78, 5) is 14.5. The van der Waals surface area contributed by atoms with Crippen LogP contribution in [0.25, 0.3) is 0 Å². The lowest BCUT2D eigenvalue weighted by Gasteiger charge is -2.38. The molecule has 0 spiro atoms. The molecule has 2 rings (SSSR count). The molecule has 1 aliphatic rings. The Morgan fingerprint density at radius 1 is 1.29 bits per heavy atom. The van der Waals surface area contributed by atoms with Crippen molar-refractivity contribution in [2.24, 2.45) is 0 Å². The van der Waals surface area contributed by atoms with E-state index in [9.17, 15) is 9.90 Å². The molecular formula is C20H32N2O2. The van der Waals surface area contributed by atoms with E-state index in [-0.39, 0.29) is 5.91 Å². The van der Waals surface area contributed by atoms with Crippen molar-refractivity contribution in [3.63, 3.8) is 0 Å². The van der Waals surface area contributed by atoms with Gasteiger partial charge >= 0.3 is 0 Å². The number of hydrogen-bond acceptors (Lipinski definition) is 3. The van der Waals surface area contributed by atoms with Gasteiger partial charge in [0.05, 0.1) is 0 Å². The Morgan fingerprint density at radius 2 is 2.00 bits per heavy atom. The predicted molar refractivity (Wildman–Crippen MR) is 97.9 cm³/mol. The number of nitrogens with zero attached hydrogens (tertiary/aromatic N) is 1. The van der Waals surface area contributed by atoms with Crippen molar-refractivity contribution >= 4 is 5.91 Å². The monoisotopic (exact) mass is 332 g/mol. The molecule has 4 heteroatoms. The van der Waals surface area contributed by atoms with Gasteiger partial charge in [0.2, 0.25) is 0 Å². The summed E-state index contributed by atoms with van der Waals surface area (Å²) in [7, 11) is 0. The Hall–Kier alpha value is -1.39. The third kappa shape index (κ3) is 4.81. The van der Waals surface area contributed by atoms with Gasteiger partial charge in [0.25, 0.3) is 5.91 Å². The van der Waals surface area contributed by atoms with Crippen LogP contribution in [0.5, 0.6) is 0 Å².